The fourth-order valence-corrected chi connectivity index (χ4v) is 2.87. The molecule has 2 atom stereocenters. The van der Waals surface area contributed by atoms with Gasteiger partial charge >= 0.3 is 0 Å². The van der Waals surface area contributed by atoms with Crippen molar-refractivity contribution in [1.82, 2.24) is 5.32 Å². The summed E-state index contributed by atoms with van der Waals surface area (Å²) in [6, 6.07) is 9.56. The molecular weight excluding hydrogens is 206 g/mol. The normalized spacial score (nSPS) is 23.4. The van der Waals surface area contributed by atoms with Crippen LogP contribution in [0.4, 0.5) is 0 Å². The van der Waals surface area contributed by atoms with E-state index in [0.717, 1.165) is 5.92 Å². The first kappa shape index (κ1) is 12.6. The van der Waals surface area contributed by atoms with Gasteiger partial charge in [0.2, 0.25) is 0 Å². The molecule has 17 heavy (non-hydrogen) atoms. The van der Waals surface area contributed by atoms with Gasteiger partial charge < -0.3 is 5.32 Å². The highest BCUT2D eigenvalue weighted by Gasteiger charge is 2.23. The van der Waals surface area contributed by atoms with E-state index < -0.39 is 0 Å². The number of hydrogen-bond donors (Lipinski definition) is 1. The molecule has 94 valence electrons. The Morgan fingerprint density at radius 2 is 1.88 bits per heavy atom. The SMILES string of the molecule is CCCCCNC1CCC(C)c2ccccc21. The summed E-state index contributed by atoms with van der Waals surface area (Å²) in [5.74, 6) is 0.736. The maximum absolute atomic E-state index is 3.73. The summed E-state index contributed by atoms with van der Waals surface area (Å²) in [7, 11) is 0. The molecule has 0 bridgehead atoms. The molecule has 0 radical (unpaired) electrons. The molecule has 1 aliphatic carbocycles. The van der Waals surface area contributed by atoms with Crippen molar-refractivity contribution in [3.8, 4) is 0 Å². The van der Waals surface area contributed by atoms with Crippen molar-refractivity contribution in [2.24, 2.45) is 0 Å². The molecule has 0 spiro atoms. The highest BCUT2D eigenvalue weighted by molar-refractivity contribution is 5.34. The first-order chi connectivity index (χ1) is 8.33. The van der Waals surface area contributed by atoms with Gasteiger partial charge in [0.1, 0.15) is 0 Å². The zero-order valence-corrected chi connectivity index (χ0v) is 11.2. The van der Waals surface area contributed by atoms with E-state index in [2.05, 4.69) is 43.4 Å². The van der Waals surface area contributed by atoms with E-state index in [-0.39, 0.29) is 0 Å². The number of benzene rings is 1. The third kappa shape index (κ3) is 3.10. The van der Waals surface area contributed by atoms with E-state index in [1.807, 2.05) is 0 Å². The lowest BCUT2D eigenvalue weighted by atomic mass is 9.81. The first-order valence-electron chi connectivity index (χ1n) is 7.15. The van der Waals surface area contributed by atoms with Crippen molar-refractivity contribution >= 4 is 0 Å². The average molecular weight is 231 g/mol. The molecule has 1 aromatic rings. The molecule has 1 N–H and O–H groups in total. The van der Waals surface area contributed by atoms with E-state index in [9.17, 15) is 0 Å². The van der Waals surface area contributed by atoms with E-state index in [4.69, 9.17) is 0 Å². The Morgan fingerprint density at radius 3 is 2.65 bits per heavy atom. The predicted molar refractivity (Wildman–Crippen MR) is 74.4 cm³/mol. The van der Waals surface area contributed by atoms with Gasteiger partial charge in [-0.25, -0.2) is 0 Å². The summed E-state index contributed by atoms with van der Waals surface area (Å²) in [6.45, 7) is 5.78. The summed E-state index contributed by atoms with van der Waals surface area (Å²) >= 11 is 0. The smallest absolute Gasteiger partial charge is 0.0323 e. The second kappa shape index (κ2) is 6.20. The molecule has 2 rings (SSSR count). The van der Waals surface area contributed by atoms with Gasteiger partial charge in [-0.2, -0.15) is 0 Å². The van der Waals surface area contributed by atoms with E-state index in [1.54, 1.807) is 11.1 Å². The number of rotatable bonds is 5. The van der Waals surface area contributed by atoms with Crippen molar-refractivity contribution in [3.63, 3.8) is 0 Å². The monoisotopic (exact) mass is 231 g/mol. The molecule has 0 fully saturated rings. The molecule has 0 aromatic heterocycles. The highest BCUT2D eigenvalue weighted by atomic mass is 14.9. The van der Waals surface area contributed by atoms with Crippen LogP contribution in [0, 0.1) is 0 Å². The first-order valence-corrected chi connectivity index (χ1v) is 7.15. The average Bonchev–Trinajstić information content (AvgIpc) is 2.37. The van der Waals surface area contributed by atoms with Gasteiger partial charge in [-0.1, -0.05) is 51.0 Å². The lowest BCUT2D eigenvalue weighted by molar-refractivity contribution is 0.426. The number of hydrogen-bond acceptors (Lipinski definition) is 1. The van der Waals surface area contributed by atoms with Gasteiger partial charge in [0, 0.05) is 6.04 Å². The predicted octanol–water partition coefficient (Wildman–Crippen LogP) is 4.40. The van der Waals surface area contributed by atoms with Crippen LogP contribution in [0.1, 0.15) is 69.0 Å². The molecule has 1 aromatic carbocycles. The summed E-state index contributed by atoms with van der Waals surface area (Å²) in [5.41, 5.74) is 3.11. The van der Waals surface area contributed by atoms with Crippen LogP contribution < -0.4 is 5.32 Å². The standard InChI is InChI=1S/C16H25N/c1-3-4-7-12-17-16-11-10-13(2)14-8-5-6-9-15(14)16/h5-6,8-9,13,16-17H,3-4,7,10-12H2,1-2H3. The molecule has 2 unspecified atom stereocenters. The van der Waals surface area contributed by atoms with Crippen LogP contribution in [0.3, 0.4) is 0 Å². The van der Waals surface area contributed by atoms with Gasteiger partial charge in [0.25, 0.3) is 0 Å². The number of nitrogens with one attached hydrogen (secondary N) is 1. The minimum Gasteiger partial charge on any atom is -0.310 e. The maximum Gasteiger partial charge on any atom is 0.0323 e. The second-order valence-electron chi connectivity index (χ2n) is 5.32. The number of unbranched alkanes of at least 4 members (excludes halogenated alkanes) is 2. The lowest BCUT2D eigenvalue weighted by Crippen LogP contribution is -2.27. The minimum atomic E-state index is 0.597. The lowest BCUT2D eigenvalue weighted by Gasteiger charge is -2.30. The van der Waals surface area contributed by atoms with Crippen LogP contribution in [0.25, 0.3) is 0 Å². The Hall–Kier alpha value is -0.820. The molecule has 0 saturated carbocycles. The van der Waals surface area contributed by atoms with Crippen molar-refractivity contribution < 1.29 is 0 Å². The van der Waals surface area contributed by atoms with E-state index >= 15 is 0 Å². The van der Waals surface area contributed by atoms with Crippen LogP contribution in [0.2, 0.25) is 0 Å². The molecule has 1 aliphatic rings. The summed E-state index contributed by atoms with van der Waals surface area (Å²) in [6.07, 6.45) is 6.58. The van der Waals surface area contributed by atoms with Crippen molar-refractivity contribution in [3.05, 3.63) is 35.4 Å². The van der Waals surface area contributed by atoms with Gasteiger partial charge in [-0.05, 0) is 42.9 Å². The Balaban J connectivity index is 1.98. The minimum absolute atomic E-state index is 0.597. The van der Waals surface area contributed by atoms with Crippen molar-refractivity contribution in [2.75, 3.05) is 6.54 Å². The molecular formula is C16H25N. The highest BCUT2D eigenvalue weighted by Crippen LogP contribution is 2.36. The largest absolute Gasteiger partial charge is 0.310 e. The summed E-state index contributed by atoms with van der Waals surface area (Å²) in [4.78, 5) is 0. The maximum atomic E-state index is 3.73. The van der Waals surface area contributed by atoms with Gasteiger partial charge in [-0.3, -0.25) is 0 Å². The van der Waals surface area contributed by atoms with Gasteiger partial charge in [0.15, 0.2) is 0 Å². The molecule has 0 aliphatic heterocycles. The van der Waals surface area contributed by atoms with Gasteiger partial charge in [-0.15, -0.1) is 0 Å². The fourth-order valence-electron chi connectivity index (χ4n) is 2.87. The Labute approximate surface area is 106 Å². The van der Waals surface area contributed by atoms with Crippen LogP contribution in [-0.2, 0) is 0 Å². The second-order valence-corrected chi connectivity index (χ2v) is 5.32. The van der Waals surface area contributed by atoms with Crippen LogP contribution in [0.15, 0.2) is 24.3 Å². The Bertz CT molecular complexity index is 345. The molecule has 0 heterocycles. The van der Waals surface area contributed by atoms with E-state index in [1.165, 1.54) is 38.6 Å². The van der Waals surface area contributed by atoms with Crippen molar-refractivity contribution in [1.29, 1.82) is 0 Å². The summed E-state index contributed by atoms with van der Waals surface area (Å²) in [5, 5.41) is 3.73. The van der Waals surface area contributed by atoms with Crippen LogP contribution in [-0.4, -0.2) is 6.54 Å². The fraction of sp³-hybridized carbons (Fsp3) is 0.625. The zero-order chi connectivity index (χ0) is 12.1. The molecule has 0 amide bonds. The zero-order valence-electron chi connectivity index (χ0n) is 11.2. The topological polar surface area (TPSA) is 12.0 Å². The number of fused-ring (bicyclic) bond motifs is 1. The Morgan fingerprint density at radius 1 is 1.12 bits per heavy atom. The van der Waals surface area contributed by atoms with E-state index in [0.29, 0.717) is 6.04 Å². The third-order valence-corrected chi connectivity index (χ3v) is 3.96. The third-order valence-electron chi connectivity index (χ3n) is 3.96. The Kier molecular flexibility index (Phi) is 4.61. The molecule has 1 heteroatoms. The van der Waals surface area contributed by atoms with Crippen molar-refractivity contribution in [2.45, 2.75) is 57.9 Å². The molecule has 1 nitrogen and oxygen atoms in total. The van der Waals surface area contributed by atoms with Gasteiger partial charge in [0.05, 0.1) is 0 Å². The van der Waals surface area contributed by atoms with Crippen LogP contribution >= 0.6 is 0 Å². The summed E-state index contributed by atoms with van der Waals surface area (Å²) < 4.78 is 0. The quantitative estimate of drug-likeness (QED) is 0.740. The van der Waals surface area contributed by atoms with Crippen LogP contribution in [0.5, 0.6) is 0 Å². The molecule has 0 saturated heterocycles.